The Kier molecular flexibility index (Phi) is 14.2. The third-order valence-corrected chi connectivity index (χ3v) is 33.7. The van der Waals surface area contributed by atoms with E-state index in [2.05, 4.69) is 105 Å². The van der Waals surface area contributed by atoms with E-state index in [1.165, 1.54) is 68.0 Å². The molecule has 5 heteroatoms. The smallest absolute Gasteiger partial charge is 0.0115 e. The van der Waals surface area contributed by atoms with Gasteiger partial charge < -0.3 is 0 Å². The van der Waals surface area contributed by atoms with Crippen LogP contribution in [0.15, 0.2) is 0 Å². The van der Waals surface area contributed by atoms with Gasteiger partial charge in [-0.05, 0) is 43.1 Å². The van der Waals surface area contributed by atoms with Gasteiger partial charge in [0.25, 0.3) is 0 Å². The van der Waals surface area contributed by atoms with Crippen LogP contribution in [0.4, 0.5) is 0 Å². The zero-order valence-corrected chi connectivity index (χ0v) is 24.6. The standard InChI is InChI=1S/C23H52S5/c1-10-14-15-18-25-28(9,24-13-4,19-17-21(5)6,26-20-22(7)12-3)27-23(8)16-11-2/h21-23H,10-20H2,1-9H3. The molecule has 28 heavy (non-hydrogen) atoms. The molecule has 0 aliphatic carbocycles. The van der Waals surface area contributed by atoms with E-state index in [4.69, 9.17) is 0 Å². The molecule has 0 saturated heterocycles. The zero-order valence-electron chi connectivity index (χ0n) is 20.6. The monoisotopic (exact) mass is 488 g/mol. The maximum absolute atomic E-state index is 2.79. The summed E-state index contributed by atoms with van der Waals surface area (Å²) >= 11 is 0. The van der Waals surface area contributed by atoms with E-state index < -0.39 is 4.42 Å². The van der Waals surface area contributed by atoms with E-state index in [-0.39, 0.29) is 0 Å². The van der Waals surface area contributed by atoms with Crippen molar-refractivity contribution in [2.24, 2.45) is 11.8 Å². The molecule has 0 saturated carbocycles. The van der Waals surface area contributed by atoms with Crippen molar-refractivity contribution in [2.45, 2.75) is 106 Å². The van der Waals surface area contributed by atoms with E-state index in [0.29, 0.717) is 0 Å². The topological polar surface area (TPSA) is 0 Å². The first-order valence-electron chi connectivity index (χ1n) is 11.7. The fourth-order valence-corrected chi connectivity index (χ4v) is 34.4. The molecule has 0 N–H and O–H groups in total. The molecule has 2 unspecified atom stereocenters. The van der Waals surface area contributed by atoms with Crippen LogP contribution < -0.4 is 0 Å². The van der Waals surface area contributed by atoms with E-state index >= 15 is 0 Å². The SMILES string of the molecule is CCCCCSS(C)(CCC(C)C)(SCC)(SCC(C)CC)SC(C)CCC. The highest BCUT2D eigenvalue weighted by Crippen LogP contribution is 3.15. The van der Waals surface area contributed by atoms with Crippen molar-refractivity contribution < 1.29 is 0 Å². The second kappa shape index (κ2) is 13.3. The van der Waals surface area contributed by atoms with E-state index in [1.807, 2.05) is 0 Å². The highest BCUT2D eigenvalue weighted by atomic mass is 34.1. The predicted octanol–water partition coefficient (Wildman–Crippen LogP) is 10.6. The highest BCUT2D eigenvalue weighted by Gasteiger charge is 2.58. The van der Waals surface area contributed by atoms with Gasteiger partial charge in [-0.3, -0.25) is 0 Å². The molecule has 0 heterocycles. The Morgan fingerprint density at radius 1 is 0.786 bits per heavy atom. The van der Waals surface area contributed by atoms with Gasteiger partial charge in [0.1, 0.15) is 0 Å². The van der Waals surface area contributed by atoms with Gasteiger partial charge in [-0.25, -0.2) is 0 Å². The highest BCUT2D eigenvalue weighted by molar-refractivity contribution is 9.81. The lowest BCUT2D eigenvalue weighted by molar-refractivity contribution is 0.631. The molecule has 0 rings (SSSR count). The van der Waals surface area contributed by atoms with Gasteiger partial charge in [0.05, 0.1) is 0 Å². The van der Waals surface area contributed by atoms with Crippen LogP contribution >= 0.6 is 47.6 Å². The van der Waals surface area contributed by atoms with Gasteiger partial charge in [0.2, 0.25) is 0 Å². The summed E-state index contributed by atoms with van der Waals surface area (Å²) in [6, 6.07) is 0. The summed E-state index contributed by atoms with van der Waals surface area (Å²) in [5.74, 6) is 6.93. The summed E-state index contributed by atoms with van der Waals surface area (Å²) in [5, 5.41) is 0.756. The Morgan fingerprint density at radius 3 is 1.96 bits per heavy atom. The van der Waals surface area contributed by atoms with Crippen LogP contribution in [-0.4, -0.2) is 34.5 Å². The maximum Gasteiger partial charge on any atom is 0.0115 e. The van der Waals surface area contributed by atoms with Crippen LogP contribution in [0.1, 0.15) is 100 Å². The van der Waals surface area contributed by atoms with Gasteiger partial charge in [-0.2, -0.15) is 0 Å². The molecule has 0 nitrogen and oxygen atoms in total. The fourth-order valence-electron chi connectivity index (χ4n) is 3.33. The van der Waals surface area contributed by atoms with Crippen molar-refractivity contribution in [1.82, 2.24) is 0 Å². The molecule has 0 aromatic carbocycles. The molecule has 0 spiro atoms. The maximum atomic E-state index is 2.79. The minimum absolute atomic E-state index is 0.756. The van der Waals surface area contributed by atoms with Crippen molar-refractivity contribution in [3.8, 4) is 0 Å². The molecule has 0 aliphatic heterocycles. The molecule has 174 valence electrons. The fraction of sp³-hybridized carbons (Fsp3) is 1.00. The van der Waals surface area contributed by atoms with Gasteiger partial charge in [-0.1, -0.05) is 91.9 Å². The van der Waals surface area contributed by atoms with Crippen molar-refractivity contribution in [2.75, 3.05) is 29.3 Å². The molecule has 0 aliphatic rings. The lowest BCUT2D eigenvalue weighted by Gasteiger charge is -2.75. The number of unbranched alkanes of at least 4 members (excludes halogenated alkanes) is 2. The third kappa shape index (κ3) is 9.92. The quantitative estimate of drug-likeness (QED) is 0.139. The van der Waals surface area contributed by atoms with Gasteiger partial charge in [0, 0.05) is 22.5 Å². The molecule has 0 amide bonds. The normalized spacial score (nSPS) is 17.4. The molecule has 0 bridgehead atoms. The van der Waals surface area contributed by atoms with Gasteiger partial charge >= 0.3 is 0 Å². The Bertz CT molecular complexity index is 429. The number of hydrogen-bond acceptors (Lipinski definition) is 4. The van der Waals surface area contributed by atoms with Crippen LogP contribution in [0.25, 0.3) is 0 Å². The van der Waals surface area contributed by atoms with Gasteiger partial charge in [0.15, 0.2) is 0 Å². The molecule has 0 aromatic heterocycles. The van der Waals surface area contributed by atoms with E-state index in [9.17, 15) is 0 Å². The summed E-state index contributed by atoms with van der Waals surface area (Å²) in [5.41, 5.74) is 0. The van der Waals surface area contributed by atoms with Crippen LogP contribution in [0, 0.1) is 11.8 Å². The average Bonchev–Trinajstić information content (AvgIpc) is 2.63. The third-order valence-electron chi connectivity index (χ3n) is 5.41. The number of rotatable bonds is 18. The van der Waals surface area contributed by atoms with Crippen LogP contribution in [0.5, 0.6) is 0 Å². The Balaban J connectivity index is 6.12. The van der Waals surface area contributed by atoms with E-state index in [0.717, 1.165) is 17.1 Å². The zero-order chi connectivity index (χ0) is 21.7. The number of hydrogen-bond donors (Lipinski definition) is 0. The molecular weight excluding hydrogens is 437 g/mol. The van der Waals surface area contributed by atoms with Crippen LogP contribution in [-0.2, 0) is 0 Å². The first-order valence-corrected chi connectivity index (χ1v) is 20.7. The van der Waals surface area contributed by atoms with E-state index in [1.54, 1.807) is 0 Å². The summed E-state index contributed by atoms with van der Waals surface area (Å²) < 4.78 is -2.43. The predicted molar refractivity (Wildman–Crippen MR) is 152 cm³/mol. The summed E-state index contributed by atoms with van der Waals surface area (Å²) in [7, 11) is 9.71. The van der Waals surface area contributed by atoms with Crippen molar-refractivity contribution >= 4 is 47.6 Å². The lowest BCUT2D eigenvalue weighted by atomic mass is 10.2. The molecule has 2 atom stereocenters. The largest absolute Gasteiger partial charge is 0.133 e. The Morgan fingerprint density at radius 2 is 1.46 bits per heavy atom. The second-order valence-electron chi connectivity index (χ2n) is 9.15. The summed E-state index contributed by atoms with van der Waals surface area (Å²) in [6.45, 7) is 19.3. The lowest BCUT2D eigenvalue weighted by Crippen LogP contribution is -2.29. The summed E-state index contributed by atoms with van der Waals surface area (Å²) in [6.07, 6.45) is 12.2. The summed E-state index contributed by atoms with van der Waals surface area (Å²) in [4.78, 5) is 0. The minimum atomic E-state index is -2.43. The molecule has 0 fully saturated rings. The van der Waals surface area contributed by atoms with Gasteiger partial charge in [-0.15, -0.1) is 36.8 Å². The molecule has 0 radical (unpaired) electrons. The first-order chi connectivity index (χ1) is 13.0. The Hall–Kier alpha value is 1.75. The minimum Gasteiger partial charge on any atom is -0.133 e. The van der Waals surface area contributed by atoms with Crippen LogP contribution in [0.2, 0.25) is 0 Å². The van der Waals surface area contributed by atoms with Crippen molar-refractivity contribution in [3.05, 3.63) is 0 Å². The second-order valence-corrected chi connectivity index (χ2v) is 35.6. The average molecular weight is 489 g/mol. The molecule has 0 aromatic rings. The molecular formula is C23H52S5. The van der Waals surface area contributed by atoms with Crippen LogP contribution in [0.3, 0.4) is 0 Å². The van der Waals surface area contributed by atoms with Crippen molar-refractivity contribution in [3.63, 3.8) is 0 Å². The Labute approximate surface area is 193 Å². The van der Waals surface area contributed by atoms with Crippen molar-refractivity contribution in [1.29, 1.82) is 0 Å². The first kappa shape index (κ1) is 29.8.